The van der Waals surface area contributed by atoms with Gasteiger partial charge in [0.1, 0.15) is 11.4 Å². The smallest absolute Gasteiger partial charge is 0.235 e. The second-order valence-corrected chi connectivity index (χ2v) is 6.55. The Hall–Kier alpha value is -2.68. The molecule has 0 aliphatic carbocycles. The van der Waals surface area contributed by atoms with Crippen molar-refractivity contribution in [3.05, 3.63) is 30.4 Å². The van der Waals surface area contributed by atoms with Gasteiger partial charge in [-0.05, 0) is 18.4 Å². The van der Waals surface area contributed by atoms with Crippen LogP contribution in [0.3, 0.4) is 0 Å². The SMILES string of the molecule is CC(C)Cc1cc(-c2nn3c(-c4cnccn4)nnc3s2)n[nH]1. The number of rotatable bonds is 4. The normalized spacial score (nSPS) is 11.6. The Balaban J connectivity index is 1.72. The van der Waals surface area contributed by atoms with Gasteiger partial charge in [0.25, 0.3) is 0 Å². The minimum atomic E-state index is 0.573. The predicted molar refractivity (Wildman–Crippen MR) is 85.8 cm³/mol. The third-order valence-corrected chi connectivity index (χ3v) is 4.18. The van der Waals surface area contributed by atoms with E-state index in [1.807, 2.05) is 6.07 Å². The summed E-state index contributed by atoms with van der Waals surface area (Å²) in [6, 6.07) is 2.04. The third kappa shape index (κ3) is 2.59. The van der Waals surface area contributed by atoms with Gasteiger partial charge in [-0.15, -0.1) is 10.2 Å². The quantitative estimate of drug-likeness (QED) is 0.617. The molecule has 0 saturated carbocycles. The Morgan fingerprint density at radius 2 is 2.13 bits per heavy atom. The van der Waals surface area contributed by atoms with E-state index in [4.69, 9.17) is 0 Å². The Bertz CT molecular complexity index is 936. The number of nitrogens with zero attached hydrogens (tertiary/aromatic N) is 7. The molecule has 0 aliphatic rings. The van der Waals surface area contributed by atoms with Gasteiger partial charge in [-0.3, -0.25) is 10.1 Å². The average Bonchev–Trinajstić information content (AvgIpc) is 3.21. The molecule has 4 aromatic heterocycles. The van der Waals surface area contributed by atoms with Crippen molar-refractivity contribution in [1.29, 1.82) is 0 Å². The molecule has 0 saturated heterocycles. The lowest BCUT2D eigenvalue weighted by molar-refractivity contribution is 0.633. The summed E-state index contributed by atoms with van der Waals surface area (Å²) < 4.78 is 1.68. The fourth-order valence-corrected chi connectivity index (χ4v) is 3.11. The van der Waals surface area contributed by atoms with Crippen LogP contribution in [0, 0.1) is 5.92 Å². The van der Waals surface area contributed by atoms with Crippen molar-refractivity contribution in [2.75, 3.05) is 0 Å². The van der Waals surface area contributed by atoms with Gasteiger partial charge in [-0.2, -0.15) is 14.7 Å². The summed E-state index contributed by atoms with van der Waals surface area (Å²) in [6.45, 7) is 4.35. The number of aromatic nitrogens is 8. The highest BCUT2D eigenvalue weighted by atomic mass is 32.1. The van der Waals surface area contributed by atoms with Crippen molar-refractivity contribution in [3.63, 3.8) is 0 Å². The molecule has 0 radical (unpaired) electrons. The van der Waals surface area contributed by atoms with E-state index in [1.54, 1.807) is 23.1 Å². The highest BCUT2D eigenvalue weighted by Crippen LogP contribution is 2.26. The zero-order valence-electron chi connectivity index (χ0n) is 12.6. The summed E-state index contributed by atoms with van der Waals surface area (Å²) in [6.07, 6.45) is 5.84. The van der Waals surface area contributed by atoms with E-state index in [-0.39, 0.29) is 0 Å². The van der Waals surface area contributed by atoms with E-state index in [0.29, 0.717) is 22.4 Å². The van der Waals surface area contributed by atoms with Gasteiger partial charge in [0, 0.05) is 18.1 Å². The number of hydrogen-bond acceptors (Lipinski definition) is 7. The molecular formula is C14H14N8S. The molecule has 4 heterocycles. The van der Waals surface area contributed by atoms with Crippen molar-refractivity contribution in [2.24, 2.45) is 5.92 Å². The van der Waals surface area contributed by atoms with Crippen molar-refractivity contribution in [2.45, 2.75) is 20.3 Å². The topological polar surface area (TPSA) is 97.5 Å². The number of fused-ring (bicyclic) bond motifs is 1. The maximum Gasteiger partial charge on any atom is 0.235 e. The molecule has 8 nitrogen and oxygen atoms in total. The third-order valence-electron chi connectivity index (χ3n) is 3.26. The van der Waals surface area contributed by atoms with E-state index < -0.39 is 0 Å². The number of H-pyrrole nitrogens is 1. The van der Waals surface area contributed by atoms with Crippen molar-refractivity contribution >= 4 is 16.3 Å². The lowest BCUT2D eigenvalue weighted by atomic mass is 10.1. The summed E-state index contributed by atoms with van der Waals surface area (Å²) in [5, 5.41) is 21.1. The maximum atomic E-state index is 4.57. The molecule has 0 fully saturated rings. The van der Waals surface area contributed by atoms with Crippen molar-refractivity contribution < 1.29 is 0 Å². The Labute approximate surface area is 135 Å². The first-order valence-corrected chi connectivity index (χ1v) is 8.05. The van der Waals surface area contributed by atoms with Gasteiger partial charge in [0.15, 0.2) is 5.01 Å². The van der Waals surface area contributed by atoms with Crippen LogP contribution < -0.4 is 0 Å². The summed E-state index contributed by atoms with van der Waals surface area (Å²) in [7, 11) is 0. The van der Waals surface area contributed by atoms with E-state index in [1.165, 1.54) is 11.3 Å². The van der Waals surface area contributed by atoms with Gasteiger partial charge >= 0.3 is 0 Å². The second-order valence-electron chi connectivity index (χ2n) is 5.59. The second kappa shape index (κ2) is 5.51. The predicted octanol–water partition coefficient (Wildman–Crippen LogP) is 2.23. The molecule has 9 heteroatoms. The zero-order valence-corrected chi connectivity index (χ0v) is 13.4. The maximum absolute atomic E-state index is 4.57. The Kier molecular flexibility index (Phi) is 3.34. The van der Waals surface area contributed by atoms with Crippen LogP contribution in [0.15, 0.2) is 24.7 Å². The summed E-state index contributed by atoms with van der Waals surface area (Å²) in [5.74, 6) is 1.15. The molecule has 4 aromatic rings. The lowest BCUT2D eigenvalue weighted by Crippen LogP contribution is -1.93. The molecule has 0 aliphatic heterocycles. The van der Waals surface area contributed by atoms with Crippen LogP contribution in [0.5, 0.6) is 0 Å². The minimum absolute atomic E-state index is 0.573. The van der Waals surface area contributed by atoms with Crippen LogP contribution in [0.1, 0.15) is 19.5 Å². The average molecular weight is 326 g/mol. The van der Waals surface area contributed by atoms with Crippen molar-refractivity contribution in [3.8, 4) is 22.2 Å². The first-order valence-electron chi connectivity index (χ1n) is 7.24. The molecular weight excluding hydrogens is 312 g/mol. The molecule has 0 amide bonds. The van der Waals surface area contributed by atoms with E-state index in [9.17, 15) is 0 Å². The molecule has 0 unspecified atom stereocenters. The zero-order chi connectivity index (χ0) is 15.8. The molecule has 0 atom stereocenters. The van der Waals surface area contributed by atoms with Crippen LogP contribution in [0.4, 0.5) is 0 Å². The first-order chi connectivity index (χ1) is 11.2. The van der Waals surface area contributed by atoms with E-state index in [0.717, 1.165) is 22.8 Å². The van der Waals surface area contributed by atoms with Crippen molar-refractivity contribution in [1.82, 2.24) is 40.0 Å². The van der Waals surface area contributed by atoms with E-state index in [2.05, 4.69) is 49.3 Å². The highest BCUT2D eigenvalue weighted by molar-refractivity contribution is 7.19. The van der Waals surface area contributed by atoms with Crippen LogP contribution in [0.25, 0.3) is 27.2 Å². The number of nitrogens with one attached hydrogen (secondary N) is 1. The fraction of sp³-hybridized carbons (Fsp3) is 0.286. The first kappa shape index (κ1) is 13.9. The van der Waals surface area contributed by atoms with Crippen LogP contribution in [-0.4, -0.2) is 40.0 Å². The molecule has 23 heavy (non-hydrogen) atoms. The standard InChI is InChI=1S/C14H14N8S/c1-8(2)5-9-6-10(18-17-9)13-21-22-12(19-20-14(22)23-13)11-7-15-3-4-16-11/h3-4,6-8H,5H2,1-2H3,(H,17,18). The number of aromatic amines is 1. The van der Waals surface area contributed by atoms with Crippen LogP contribution >= 0.6 is 11.3 Å². The van der Waals surface area contributed by atoms with E-state index >= 15 is 0 Å². The van der Waals surface area contributed by atoms with Gasteiger partial charge < -0.3 is 0 Å². The summed E-state index contributed by atoms with van der Waals surface area (Å²) >= 11 is 1.45. The Morgan fingerprint density at radius 1 is 1.22 bits per heavy atom. The summed E-state index contributed by atoms with van der Waals surface area (Å²) in [5.41, 5.74) is 2.57. The Morgan fingerprint density at radius 3 is 2.91 bits per heavy atom. The fourth-order valence-electron chi connectivity index (χ4n) is 2.31. The van der Waals surface area contributed by atoms with Gasteiger partial charge in [-0.1, -0.05) is 25.2 Å². The number of hydrogen-bond donors (Lipinski definition) is 1. The molecule has 116 valence electrons. The lowest BCUT2D eigenvalue weighted by Gasteiger charge is -1.98. The molecule has 1 N–H and O–H groups in total. The molecule has 0 aromatic carbocycles. The molecule has 4 rings (SSSR count). The van der Waals surface area contributed by atoms with Crippen LogP contribution in [-0.2, 0) is 6.42 Å². The highest BCUT2D eigenvalue weighted by Gasteiger charge is 2.17. The van der Waals surface area contributed by atoms with Gasteiger partial charge in [-0.25, -0.2) is 4.98 Å². The van der Waals surface area contributed by atoms with Gasteiger partial charge in [0.2, 0.25) is 10.8 Å². The summed E-state index contributed by atoms with van der Waals surface area (Å²) in [4.78, 5) is 9.01. The largest absolute Gasteiger partial charge is 0.282 e. The monoisotopic (exact) mass is 326 g/mol. The minimum Gasteiger partial charge on any atom is -0.282 e. The van der Waals surface area contributed by atoms with Gasteiger partial charge in [0.05, 0.1) is 6.20 Å². The molecule has 0 spiro atoms. The van der Waals surface area contributed by atoms with Crippen LogP contribution in [0.2, 0.25) is 0 Å². The molecule has 0 bridgehead atoms.